The predicted octanol–water partition coefficient (Wildman–Crippen LogP) is 1.89. The molecule has 2 aromatic rings. The van der Waals surface area contributed by atoms with E-state index in [1.807, 2.05) is 0 Å². The van der Waals surface area contributed by atoms with Crippen molar-refractivity contribution in [3.8, 4) is 5.75 Å². The van der Waals surface area contributed by atoms with E-state index in [1.165, 1.54) is 6.20 Å². The lowest BCUT2D eigenvalue weighted by atomic mass is 9.84. The summed E-state index contributed by atoms with van der Waals surface area (Å²) in [5, 5.41) is 21.9. The van der Waals surface area contributed by atoms with Crippen LogP contribution in [-0.2, 0) is 7.05 Å². The number of aliphatic hydroxyl groups is 1. The van der Waals surface area contributed by atoms with Crippen molar-refractivity contribution < 1.29 is 23.8 Å². The Morgan fingerprint density at radius 2 is 2.08 bits per heavy atom. The largest absolute Gasteiger partial charge is 0.504 e. The molecule has 1 amide bonds. The van der Waals surface area contributed by atoms with E-state index in [-0.39, 0.29) is 6.61 Å². The van der Waals surface area contributed by atoms with Gasteiger partial charge in [-0.2, -0.15) is 0 Å². The number of aryl methyl sites for hydroxylation is 1. The molecule has 1 atom stereocenters. The first-order valence-corrected chi connectivity index (χ1v) is 7.24. The highest BCUT2D eigenvalue weighted by Gasteiger charge is 2.35. The van der Waals surface area contributed by atoms with Crippen LogP contribution in [0.2, 0.25) is 0 Å². The summed E-state index contributed by atoms with van der Waals surface area (Å²) in [5.74, 6) is -3.56. The number of phenolic OH excluding ortho intramolecular Hbond substituents is 1. The average molecular weight is 339 g/mol. The smallest absolute Gasteiger partial charge is 0.255 e. The van der Waals surface area contributed by atoms with Gasteiger partial charge in [0.15, 0.2) is 11.6 Å². The van der Waals surface area contributed by atoms with Crippen molar-refractivity contribution in [2.24, 2.45) is 12.5 Å². The van der Waals surface area contributed by atoms with Crippen molar-refractivity contribution >= 4 is 5.91 Å². The number of carbonyl (C=O) groups is 1. The van der Waals surface area contributed by atoms with Gasteiger partial charge in [-0.15, -0.1) is 0 Å². The van der Waals surface area contributed by atoms with E-state index in [0.29, 0.717) is 11.9 Å². The van der Waals surface area contributed by atoms with Crippen molar-refractivity contribution in [1.29, 1.82) is 0 Å². The molecule has 0 aliphatic carbocycles. The van der Waals surface area contributed by atoms with Crippen molar-refractivity contribution in [2.75, 3.05) is 6.61 Å². The molecule has 0 aliphatic heterocycles. The molecule has 0 saturated carbocycles. The van der Waals surface area contributed by atoms with Gasteiger partial charge in [-0.05, 0) is 6.07 Å². The Bertz CT molecular complexity index is 759. The highest BCUT2D eigenvalue weighted by atomic mass is 19.1. The van der Waals surface area contributed by atoms with Crippen LogP contribution in [0.3, 0.4) is 0 Å². The lowest BCUT2D eigenvalue weighted by Crippen LogP contribution is -2.41. The van der Waals surface area contributed by atoms with Gasteiger partial charge in [-0.1, -0.05) is 13.8 Å². The Hall–Kier alpha value is -2.48. The Labute approximate surface area is 137 Å². The van der Waals surface area contributed by atoms with E-state index in [0.717, 1.165) is 6.07 Å². The normalized spacial score (nSPS) is 12.9. The van der Waals surface area contributed by atoms with Gasteiger partial charge in [-0.25, -0.2) is 13.8 Å². The zero-order chi connectivity index (χ0) is 18.1. The summed E-state index contributed by atoms with van der Waals surface area (Å²) < 4.78 is 28.5. The number of phenols is 1. The number of aliphatic hydroxyl groups excluding tert-OH is 1. The van der Waals surface area contributed by atoms with E-state index in [2.05, 4.69) is 10.3 Å². The molecule has 1 unspecified atom stereocenters. The summed E-state index contributed by atoms with van der Waals surface area (Å²) in [6.45, 7) is 3.14. The highest BCUT2D eigenvalue weighted by molar-refractivity contribution is 5.97. The quantitative estimate of drug-likeness (QED) is 0.776. The number of nitrogens with zero attached hydrogens (tertiary/aromatic N) is 2. The van der Waals surface area contributed by atoms with Gasteiger partial charge in [0.2, 0.25) is 0 Å². The average Bonchev–Trinajstić information content (AvgIpc) is 2.93. The van der Waals surface area contributed by atoms with Crippen molar-refractivity contribution in [2.45, 2.75) is 19.9 Å². The van der Waals surface area contributed by atoms with Gasteiger partial charge < -0.3 is 20.1 Å². The summed E-state index contributed by atoms with van der Waals surface area (Å²) in [7, 11) is 1.72. The van der Waals surface area contributed by atoms with E-state index in [1.54, 1.807) is 31.7 Å². The number of amides is 1. The molecule has 1 heterocycles. The number of imidazole rings is 1. The number of aromatic hydroxyl groups is 1. The zero-order valence-corrected chi connectivity index (χ0v) is 13.5. The molecular formula is C16H19F2N3O3. The lowest BCUT2D eigenvalue weighted by Gasteiger charge is -2.32. The summed E-state index contributed by atoms with van der Waals surface area (Å²) in [6.07, 6.45) is 3.20. The SMILES string of the molecule is Cn1ccnc1C(NC(=O)c1cc(F)cc(F)c1O)C(C)(C)CO. The first-order valence-electron chi connectivity index (χ1n) is 7.24. The Kier molecular flexibility index (Phi) is 4.88. The molecule has 0 radical (unpaired) electrons. The second-order valence-electron chi connectivity index (χ2n) is 6.23. The van der Waals surface area contributed by atoms with Gasteiger partial charge in [-0.3, -0.25) is 4.79 Å². The molecule has 8 heteroatoms. The maximum atomic E-state index is 13.4. The lowest BCUT2D eigenvalue weighted by molar-refractivity contribution is 0.0787. The molecule has 2 rings (SSSR count). The van der Waals surface area contributed by atoms with Gasteiger partial charge in [0.1, 0.15) is 11.6 Å². The number of carbonyl (C=O) groups excluding carboxylic acids is 1. The predicted molar refractivity (Wildman–Crippen MR) is 82.3 cm³/mol. The Balaban J connectivity index is 2.41. The second-order valence-corrected chi connectivity index (χ2v) is 6.23. The number of halogens is 2. The van der Waals surface area contributed by atoms with Gasteiger partial charge in [0, 0.05) is 30.9 Å². The van der Waals surface area contributed by atoms with E-state index in [9.17, 15) is 23.8 Å². The molecule has 0 aliphatic rings. The third kappa shape index (κ3) is 3.38. The number of benzene rings is 1. The molecule has 130 valence electrons. The van der Waals surface area contributed by atoms with E-state index < -0.39 is 40.3 Å². The van der Waals surface area contributed by atoms with Crippen molar-refractivity contribution in [3.05, 3.63) is 47.5 Å². The van der Waals surface area contributed by atoms with Crippen LogP contribution < -0.4 is 5.32 Å². The number of aromatic nitrogens is 2. The molecule has 0 bridgehead atoms. The third-order valence-electron chi connectivity index (χ3n) is 3.85. The summed E-state index contributed by atoms with van der Waals surface area (Å²) in [4.78, 5) is 16.6. The fraction of sp³-hybridized carbons (Fsp3) is 0.375. The number of hydrogen-bond acceptors (Lipinski definition) is 4. The minimum Gasteiger partial charge on any atom is -0.504 e. The topological polar surface area (TPSA) is 87.4 Å². The highest BCUT2D eigenvalue weighted by Crippen LogP contribution is 2.33. The summed E-state index contributed by atoms with van der Waals surface area (Å²) in [5.41, 5.74) is -1.34. The van der Waals surface area contributed by atoms with Gasteiger partial charge >= 0.3 is 0 Å². The molecule has 1 aromatic carbocycles. The molecule has 6 nitrogen and oxygen atoms in total. The minimum absolute atomic E-state index is 0.270. The first-order chi connectivity index (χ1) is 11.2. The fourth-order valence-electron chi connectivity index (χ4n) is 2.30. The molecule has 1 aromatic heterocycles. The molecule has 3 N–H and O–H groups in total. The maximum absolute atomic E-state index is 13.4. The minimum atomic E-state index is -1.23. The third-order valence-corrected chi connectivity index (χ3v) is 3.85. The van der Waals surface area contributed by atoms with Gasteiger partial charge in [0.25, 0.3) is 5.91 Å². The zero-order valence-electron chi connectivity index (χ0n) is 13.5. The van der Waals surface area contributed by atoms with Crippen molar-refractivity contribution in [3.63, 3.8) is 0 Å². The van der Waals surface area contributed by atoms with Gasteiger partial charge in [0.05, 0.1) is 18.2 Å². The molecule has 24 heavy (non-hydrogen) atoms. The van der Waals surface area contributed by atoms with E-state index >= 15 is 0 Å². The Morgan fingerprint density at radius 1 is 1.42 bits per heavy atom. The van der Waals surface area contributed by atoms with Crippen LogP contribution in [0.5, 0.6) is 5.75 Å². The van der Waals surface area contributed by atoms with Crippen LogP contribution in [0.15, 0.2) is 24.5 Å². The van der Waals surface area contributed by atoms with Crippen LogP contribution in [-0.4, -0.2) is 32.3 Å². The second kappa shape index (κ2) is 6.56. The van der Waals surface area contributed by atoms with Crippen LogP contribution in [0.4, 0.5) is 8.78 Å². The number of nitrogens with one attached hydrogen (secondary N) is 1. The fourth-order valence-corrected chi connectivity index (χ4v) is 2.30. The van der Waals surface area contributed by atoms with Crippen LogP contribution in [0, 0.1) is 17.0 Å². The monoisotopic (exact) mass is 339 g/mol. The van der Waals surface area contributed by atoms with E-state index in [4.69, 9.17) is 0 Å². The number of hydrogen-bond donors (Lipinski definition) is 3. The Morgan fingerprint density at radius 3 is 2.62 bits per heavy atom. The molecule has 0 spiro atoms. The summed E-state index contributed by atoms with van der Waals surface area (Å²) in [6, 6.07) is 0.482. The summed E-state index contributed by atoms with van der Waals surface area (Å²) >= 11 is 0. The van der Waals surface area contributed by atoms with Crippen LogP contribution >= 0.6 is 0 Å². The molecule has 0 saturated heterocycles. The first kappa shape index (κ1) is 17.9. The maximum Gasteiger partial charge on any atom is 0.255 e. The number of rotatable bonds is 5. The standard InChI is InChI=1S/C16H19F2N3O3/c1-16(2,8-22)13(14-19-4-5-21(14)3)20-15(24)10-6-9(17)7-11(18)12(10)23/h4-7,13,22-23H,8H2,1-3H3,(H,20,24). The molecular weight excluding hydrogens is 320 g/mol. The van der Waals surface area contributed by atoms with Crippen LogP contribution in [0.25, 0.3) is 0 Å². The van der Waals surface area contributed by atoms with Crippen LogP contribution in [0.1, 0.15) is 36.1 Å². The van der Waals surface area contributed by atoms with Crippen molar-refractivity contribution in [1.82, 2.24) is 14.9 Å². The molecule has 0 fully saturated rings.